The van der Waals surface area contributed by atoms with Gasteiger partial charge in [0.25, 0.3) is 0 Å². The molecule has 0 aromatic heterocycles. The topological polar surface area (TPSA) is 27.0 Å². The molecule has 0 heterocycles. The van der Waals surface area contributed by atoms with Crippen molar-refractivity contribution < 1.29 is 0 Å². The molecule has 0 N–H and O–H groups in total. The Labute approximate surface area is 72.6 Å². The molecular weight excluding hydrogens is 151 g/mol. The summed E-state index contributed by atoms with van der Waals surface area (Å²) in [7, 11) is 4.91. The molecule has 2 nitrogen and oxygen atoms in total. The van der Waals surface area contributed by atoms with E-state index in [4.69, 9.17) is 5.26 Å². The average Bonchev–Trinajstić information content (AvgIpc) is 1.57. The number of rotatable bonds is 2. The van der Waals surface area contributed by atoms with Crippen molar-refractivity contribution in [3.63, 3.8) is 0 Å². The van der Waals surface area contributed by atoms with Gasteiger partial charge in [-0.25, -0.2) is 5.26 Å². The van der Waals surface area contributed by atoms with Gasteiger partial charge in [0, 0.05) is 0 Å². The summed E-state index contributed by atoms with van der Waals surface area (Å²) in [4.78, 5) is 2.27. The first-order chi connectivity index (χ1) is 4.83. The summed E-state index contributed by atoms with van der Waals surface area (Å²) in [6.45, 7) is 7.15. The van der Waals surface area contributed by atoms with Crippen LogP contribution in [0.3, 0.4) is 0 Å². The lowest BCUT2D eigenvalue weighted by atomic mass is 10.2. The molecule has 0 unspecified atom stereocenters. The van der Waals surface area contributed by atoms with E-state index < -0.39 is 8.07 Å². The van der Waals surface area contributed by atoms with Gasteiger partial charge in [0.15, 0.2) is 0 Å². The van der Waals surface area contributed by atoms with Gasteiger partial charge in [0.2, 0.25) is 7.85 Å². The molecule has 0 atom stereocenters. The highest BCUT2D eigenvalue weighted by Gasteiger charge is 2.12. The number of nitrogens with zero attached hydrogens (tertiary/aromatic N) is 2. The minimum Gasteiger partial charge on any atom is -0.312 e. The van der Waals surface area contributed by atoms with E-state index in [-0.39, 0.29) is 0 Å². The SMILES string of the molecule is BC#N.CN(C)C[Si](C)(C)C. The minimum absolute atomic E-state index is 0.794. The number of hydrogen-bond acceptors (Lipinski definition) is 2. The lowest BCUT2D eigenvalue weighted by Gasteiger charge is -2.20. The van der Waals surface area contributed by atoms with E-state index in [0.717, 1.165) is 0 Å². The average molecular weight is 170 g/mol. The zero-order valence-corrected chi connectivity index (χ0v) is 9.60. The Bertz CT molecular complexity index is 123. The lowest BCUT2D eigenvalue weighted by molar-refractivity contribution is 0.471. The van der Waals surface area contributed by atoms with Gasteiger partial charge in [-0.15, -0.1) is 0 Å². The Morgan fingerprint density at radius 3 is 1.64 bits per heavy atom. The Morgan fingerprint density at radius 2 is 1.64 bits per heavy atom. The molecule has 0 aromatic rings. The van der Waals surface area contributed by atoms with E-state index in [0.29, 0.717) is 0 Å². The maximum absolute atomic E-state index is 7.32. The van der Waals surface area contributed by atoms with Gasteiger partial charge in [-0.05, 0) is 26.2 Å². The summed E-state index contributed by atoms with van der Waals surface area (Å²) in [6, 6.07) is 0. The number of hydrogen-bond donors (Lipinski definition) is 0. The molecule has 64 valence electrons. The first kappa shape index (κ1) is 13.3. The fraction of sp³-hybridized carbons (Fsp3) is 0.857. The summed E-state index contributed by atoms with van der Waals surface area (Å²) in [5, 5.41) is 7.32. The van der Waals surface area contributed by atoms with Crippen LogP contribution in [0.4, 0.5) is 0 Å². The van der Waals surface area contributed by atoms with E-state index in [1.807, 2.05) is 0 Å². The predicted octanol–water partition coefficient (Wildman–Crippen LogP) is 0.526. The van der Waals surface area contributed by atoms with Crippen LogP contribution in [0, 0.1) is 11.2 Å². The fourth-order valence-electron chi connectivity index (χ4n) is 0.949. The summed E-state index contributed by atoms with van der Waals surface area (Å²) in [5.41, 5.74) is 0. The van der Waals surface area contributed by atoms with Crippen LogP contribution in [0.2, 0.25) is 19.6 Å². The van der Waals surface area contributed by atoms with Crippen LogP contribution >= 0.6 is 0 Å². The highest BCUT2D eigenvalue weighted by Crippen LogP contribution is 1.99. The van der Waals surface area contributed by atoms with Gasteiger partial charge in [-0.1, -0.05) is 19.6 Å². The van der Waals surface area contributed by atoms with Crippen LogP contribution in [0.1, 0.15) is 0 Å². The Balaban J connectivity index is 0. The van der Waals surface area contributed by atoms with Crippen molar-refractivity contribution in [1.82, 2.24) is 4.90 Å². The third kappa shape index (κ3) is 26.0. The van der Waals surface area contributed by atoms with E-state index in [1.54, 1.807) is 5.97 Å². The monoisotopic (exact) mass is 170 g/mol. The largest absolute Gasteiger partial charge is 0.312 e. The Kier molecular flexibility index (Phi) is 7.81. The van der Waals surface area contributed by atoms with Crippen molar-refractivity contribution in [2.75, 3.05) is 20.3 Å². The molecule has 0 spiro atoms. The molecule has 0 saturated heterocycles. The first-order valence-electron chi connectivity index (χ1n) is 3.79. The van der Waals surface area contributed by atoms with Crippen LogP contribution in [-0.2, 0) is 0 Å². The fourth-order valence-corrected chi connectivity index (χ4v) is 2.85. The summed E-state index contributed by atoms with van der Waals surface area (Å²) in [5.74, 6) is 1.75. The van der Waals surface area contributed by atoms with Crippen molar-refractivity contribution in [1.29, 1.82) is 5.26 Å². The van der Waals surface area contributed by atoms with Crippen molar-refractivity contribution in [2.45, 2.75) is 19.6 Å². The highest BCUT2D eigenvalue weighted by molar-refractivity contribution is 6.76. The smallest absolute Gasteiger partial charge is 0.232 e. The van der Waals surface area contributed by atoms with E-state index >= 15 is 0 Å². The van der Waals surface area contributed by atoms with Gasteiger partial charge in [0.1, 0.15) is 0 Å². The normalized spacial score (nSPS) is 9.91. The maximum atomic E-state index is 7.32. The molecule has 0 aliphatic heterocycles. The van der Waals surface area contributed by atoms with E-state index in [9.17, 15) is 0 Å². The van der Waals surface area contributed by atoms with Crippen molar-refractivity contribution in [2.24, 2.45) is 0 Å². The van der Waals surface area contributed by atoms with Crippen LogP contribution in [0.15, 0.2) is 0 Å². The number of nitriles is 1. The van der Waals surface area contributed by atoms with Crippen molar-refractivity contribution in [3.05, 3.63) is 0 Å². The molecule has 0 fully saturated rings. The summed E-state index contributed by atoms with van der Waals surface area (Å²) < 4.78 is 0. The third-order valence-corrected chi connectivity index (χ3v) is 2.37. The zero-order chi connectivity index (χ0) is 9.49. The molecule has 0 aliphatic carbocycles. The molecule has 0 rings (SSSR count). The summed E-state index contributed by atoms with van der Waals surface area (Å²) >= 11 is 0. The third-order valence-electron chi connectivity index (χ3n) is 0.791. The molecule has 0 saturated carbocycles. The zero-order valence-electron chi connectivity index (χ0n) is 8.60. The predicted molar refractivity (Wildman–Crippen MR) is 56.1 cm³/mol. The van der Waals surface area contributed by atoms with Crippen LogP contribution in [0.5, 0.6) is 0 Å². The van der Waals surface area contributed by atoms with Gasteiger partial charge in [-0.2, -0.15) is 0 Å². The van der Waals surface area contributed by atoms with Gasteiger partial charge < -0.3 is 4.90 Å². The molecule has 0 amide bonds. The molecular formula is C7H19BN2Si. The van der Waals surface area contributed by atoms with Crippen molar-refractivity contribution >= 4 is 15.9 Å². The van der Waals surface area contributed by atoms with Gasteiger partial charge in [0.05, 0.1) is 8.07 Å². The Hall–Kier alpha value is -0.268. The van der Waals surface area contributed by atoms with Gasteiger partial charge in [-0.3, -0.25) is 0 Å². The van der Waals surface area contributed by atoms with Crippen molar-refractivity contribution in [3.8, 4) is 5.97 Å². The molecule has 0 aromatic carbocycles. The lowest BCUT2D eigenvalue weighted by Crippen LogP contribution is -2.35. The first-order valence-corrected chi connectivity index (χ1v) is 7.49. The van der Waals surface area contributed by atoms with Crippen LogP contribution in [0.25, 0.3) is 0 Å². The standard InChI is InChI=1S/C6H17NSi.CH2BN/c1-7(2)6-8(3,4)5;2-1-3/h6H2,1-5H3;2H2. The van der Waals surface area contributed by atoms with E-state index in [2.05, 4.69) is 38.6 Å². The molecule has 11 heavy (non-hydrogen) atoms. The van der Waals surface area contributed by atoms with Crippen LogP contribution in [-0.4, -0.2) is 41.1 Å². The maximum Gasteiger partial charge on any atom is 0.232 e. The van der Waals surface area contributed by atoms with Crippen LogP contribution < -0.4 is 0 Å². The highest BCUT2D eigenvalue weighted by atomic mass is 28.3. The second-order valence-corrected chi connectivity index (χ2v) is 9.46. The second kappa shape index (κ2) is 6.44. The Morgan fingerprint density at radius 1 is 1.36 bits per heavy atom. The second-order valence-electron chi connectivity index (χ2n) is 4.02. The minimum atomic E-state index is -0.794. The molecule has 0 bridgehead atoms. The molecule has 0 aliphatic rings. The summed E-state index contributed by atoms with van der Waals surface area (Å²) in [6.07, 6.45) is 1.30. The molecule has 0 radical (unpaired) electrons. The van der Waals surface area contributed by atoms with E-state index in [1.165, 1.54) is 14.0 Å². The van der Waals surface area contributed by atoms with Gasteiger partial charge >= 0.3 is 0 Å². The molecule has 4 heteroatoms. The quantitative estimate of drug-likeness (QED) is 0.565.